The van der Waals surface area contributed by atoms with Gasteiger partial charge in [0.15, 0.2) is 0 Å². The summed E-state index contributed by atoms with van der Waals surface area (Å²) >= 11 is 0. The van der Waals surface area contributed by atoms with Crippen LogP contribution < -0.4 is 4.90 Å². The molecule has 2 aromatic carbocycles. The average Bonchev–Trinajstić information content (AvgIpc) is 2.62. The van der Waals surface area contributed by atoms with Crippen LogP contribution in [0.15, 0.2) is 48.5 Å². The van der Waals surface area contributed by atoms with Crippen molar-refractivity contribution >= 4 is 5.69 Å². The van der Waals surface area contributed by atoms with Gasteiger partial charge < -0.3 is 9.80 Å². The molecule has 2 aromatic rings. The Morgan fingerprint density at radius 3 is 1.77 bits per heavy atom. The number of hydrogen-bond acceptors (Lipinski definition) is 2. The molecular weight excluding hydrogens is 268 g/mol. The molecule has 2 nitrogen and oxygen atoms in total. The number of aryl methyl sites for hydroxylation is 1. The first-order valence-electron chi connectivity index (χ1n) is 8.47. The first kappa shape index (κ1) is 15.1. The van der Waals surface area contributed by atoms with Crippen molar-refractivity contribution in [3.63, 3.8) is 0 Å². The van der Waals surface area contributed by atoms with Gasteiger partial charge in [0.05, 0.1) is 0 Å². The highest BCUT2D eigenvalue weighted by Crippen LogP contribution is 2.24. The largest absolute Gasteiger partial charge is 0.369 e. The van der Waals surface area contributed by atoms with Crippen molar-refractivity contribution in [1.82, 2.24) is 4.90 Å². The van der Waals surface area contributed by atoms with E-state index in [2.05, 4.69) is 72.2 Å². The summed E-state index contributed by atoms with van der Waals surface area (Å²) in [6.45, 7) is 10.2. The number of rotatable bonds is 4. The molecule has 1 saturated heterocycles. The molecule has 116 valence electrons. The molecule has 3 rings (SSSR count). The van der Waals surface area contributed by atoms with E-state index in [9.17, 15) is 0 Å². The molecular formula is C20H26N2. The number of anilines is 1. The lowest BCUT2D eigenvalue weighted by Crippen LogP contribution is -2.46. The van der Waals surface area contributed by atoms with Crippen LogP contribution in [-0.4, -0.2) is 37.6 Å². The van der Waals surface area contributed by atoms with Crippen molar-refractivity contribution in [2.24, 2.45) is 0 Å². The maximum absolute atomic E-state index is 2.51. The maximum atomic E-state index is 2.51. The quantitative estimate of drug-likeness (QED) is 0.839. The fraction of sp³-hybridized carbons (Fsp3) is 0.400. The van der Waals surface area contributed by atoms with Crippen molar-refractivity contribution in [1.29, 1.82) is 0 Å². The van der Waals surface area contributed by atoms with Crippen LogP contribution in [0.2, 0.25) is 0 Å². The number of hydrogen-bond donors (Lipinski definition) is 0. The predicted octanol–water partition coefficient (Wildman–Crippen LogP) is 4.06. The second-order valence-corrected chi connectivity index (χ2v) is 6.02. The lowest BCUT2D eigenvalue weighted by Gasteiger charge is -2.35. The van der Waals surface area contributed by atoms with E-state index in [1.165, 1.54) is 42.0 Å². The summed E-state index contributed by atoms with van der Waals surface area (Å²) in [5.74, 6) is 0. The molecule has 1 aliphatic rings. The fourth-order valence-electron chi connectivity index (χ4n) is 3.12. The molecule has 0 aromatic heterocycles. The molecule has 0 aliphatic carbocycles. The number of piperazine rings is 1. The first-order chi connectivity index (χ1) is 10.8. The number of benzene rings is 2. The number of likely N-dealkylation sites (N-methyl/N-ethyl adjacent to an activating group) is 1. The van der Waals surface area contributed by atoms with Gasteiger partial charge in [0.1, 0.15) is 0 Å². The zero-order chi connectivity index (χ0) is 15.4. The van der Waals surface area contributed by atoms with Crippen LogP contribution in [0.1, 0.15) is 19.4 Å². The Bertz CT molecular complexity index is 578. The highest BCUT2D eigenvalue weighted by molar-refractivity contribution is 5.66. The van der Waals surface area contributed by atoms with Gasteiger partial charge in [-0.15, -0.1) is 0 Å². The van der Waals surface area contributed by atoms with E-state index >= 15 is 0 Å². The minimum absolute atomic E-state index is 1.10. The Labute approximate surface area is 134 Å². The Hall–Kier alpha value is -1.80. The van der Waals surface area contributed by atoms with Crippen LogP contribution in [0.25, 0.3) is 11.1 Å². The molecule has 1 aliphatic heterocycles. The van der Waals surface area contributed by atoms with Gasteiger partial charge in [-0.05, 0) is 41.8 Å². The first-order valence-corrected chi connectivity index (χ1v) is 8.47. The fourth-order valence-corrected chi connectivity index (χ4v) is 3.12. The predicted molar refractivity (Wildman–Crippen MR) is 95.6 cm³/mol. The SMILES string of the molecule is CCc1ccc(-c2ccc(N3CCN(CC)CC3)cc2)cc1. The van der Waals surface area contributed by atoms with Crippen LogP contribution >= 0.6 is 0 Å². The molecule has 0 N–H and O–H groups in total. The summed E-state index contributed by atoms with van der Waals surface area (Å²) in [6, 6.07) is 18.0. The summed E-state index contributed by atoms with van der Waals surface area (Å²) in [5.41, 5.74) is 5.36. The molecule has 0 saturated carbocycles. The summed E-state index contributed by atoms with van der Waals surface area (Å²) in [7, 11) is 0. The van der Waals surface area contributed by atoms with Crippen molar-refractivity contribution in [3.8, 4) is 11.1 Å². The average molecular weight is 294 g/mol. The van der Waals surface area contributed by atoms with Crippen molar-refractivity contribution in [3.05, 3.63) is 54.1 Å². The second kappa shape index (κ2) is 6.97. The van der Waals surface area contributed by atoms with E-state index in [1.807, 2.05) is 0 Å². The molecule has 0 bridgehead atoms. The van der Waals surface area contributed by atoms with E-state index < -0.39 is 0 Å². The van der Waals surface area contributed by atoms with Crippen LogP contribution in [0.4, 0.5) is 5.69 Å². The van der Waals surface area contributed by atoms with E-state index in [0.29, 0.717) is 0 Å². The second-order valence-electron chi connectivity index (χ2n) is 6.02. The number of nitrogens with zero attached hydrogens (tertiary/aromatic N) is 2. The molecule has 0 atom stereocenters. The highest BCUT2D eigenvalue weighted by atomic mass is 15.3. The molecule has 0 unspecified atom stereocenters. The van der Waals surface area contributed by atoms with Crippen molar-refractivity contribution < 1.29 is 0 Å². The van der Waals surface area contributed by atoms with E-state index in [1.54, 1.807) is 0 Å². The Morgan fingerprint density at radius 2 is 1.27 bits per heavy atom. The third kappa shape index (κ3) is 3.33. The van der Waals surface area contributed by atoms with Gasteiger partial charge in [0.25, 0.3) is 0 Å². The molecule has 0 radical (unpaired) electrons. The zero-order valence-electron chi connectivity index (χ0n) is 13.8. The molecule has 0 amide bonds. The van der Waals surface area contributed by atoms with Gasteiger partial charge in [-0.1, -0.05) is 50.2 Å². The maximum Gasteiger partial charge on any atom is 0.0367 e. The van der Waals surface area contributed by atoms with Gasteiger partial charge in [-0.25, -0.2) is 0 Å². The van der Waals surface area contributed by atoms with Crippen LogP contribution in [0, 0.1) is 0 Å². The Balaban J connectivity index is 1.69. The minimum Gasteiger partial charge on any atom is -0.369 e. The van der Waals surface area contributed by atoms with Crippen molar-refractivity contribution in [2.45, 2.75) is 20.3 Å². The summed E-state index contributed by atoms with van der Waals surface area (Å²) < 4.78 is 0. The lowest BCUT2D eigenvalue weighted by atomic mass is 10.0. The lowest BCUT2D eigenvalue weighted by molar-refractivity contribution is 0.271. The molecule has 1 heterocycles. The third-order valence-corrected chi connectivity index (χ3v) is 4.75. The van der Waals surface area contributed by atoms with Gasteiger partial charge >= 0.3 is 0 Å². The summed E-state index contributed by atoms with van der Waals surface area (Å²) in [5, 5.41) is 0. The van der Waals surface area contributed by atoms with Gasteiger partial charge in [-0.2, -0.15) is 0 Å². The molecule has 22 heavy (non-hydrogen) atoms. The van der Waals surface area contributed by atoms with Crippen LogP contribution in [-0.2, 0) is 6.42 Å². The molecule has 1 fully saturated rings. The van der Waals surface area contributed by atoms with Crippen LogP contribution in [0.5, 0.6) is 0 Å². The summed E-state index contributed by atoms with van der Waals surface area (Å²) in [6.07, 6.45) is 1.10. The minimum atomic E-state index is 1.10. The summed E-state index contributed by atoms with van der Waals surface area (Å²) in [4.78, 5) is 5.01. The topological polar surface area (TPSA) is 6.48 Å². The Kier molecular flexibility index (Phi) is 4.79. The van der Waals surface area contributed by atoms with Gasteiger partial charge in [0.2, 0.25) is 0 Å². The Morgan fingerprint density at radius 1 is 0.727 bits per heavy atom. The standard InChI is InChI=1S/C20H26N2/c1-3-17-5-7-18(8-6-17)19-9-11-20(12-10-19)22-15-13-21(4-2)14-16-22/h5-12H,3-4,13-16H2,1-2H3. The van der Waals surface area contributed by atoms with Gasteiger partial charge in [0, 0.05) is 31.9 Å². The van der Waals surface area contributed by atoms with E-state index in [4.69, 9.17) is 0 Å². The smallest absolute Gasteiger partial charge is 0.0367 e. The van der Waals surface area contributed by atoms with Crippen LogP contribution in [0.3, 0.4) is 0 Å². The zero-order valence-corrected chi connectivity index (χ0v) is 13.8. The molecule has 2 heteroatoms. The molecule has 0 spiro atoms. The van der Waals surface area contributed by atoms with Gasteiger partial charge in [-0.3, -0.25) is 0 Å². The highest BCUT2D eigenvalue weighted by Gasteiger charge is 2.15. The van der Waals surface area contributed by atoms with E-state index in [-0.39, 0.29) is 0 Å². The van der Waals surface area contributed by atoms with E-state index in [0.717, 1.165) is 19.5 Å². The van der Waals surface area contributed by atoms with Crippen molar-refractivity contribution in [2.75, 3.05) is 37.6 Å². The monoisotopic (exact) mass is 294 g/mol. The normalized spacial score (nSPS) is 16.0. The third-order valence-electron chi connectivity index (χ3n) is 4.75.